The summed E-state index contributed by atoms with van der Waals surface area (Å²) in [5, 5.41) is 2.98. The standard InChI is InChI=1S/C12H23F3N2/c1-9(2)8-17(3)5-4-11-6-10(7-16-11)12(13,14)15/h9-11,16H,4-8H2,1-3H3. The first-order valence-electron chi connectivity index (χ1n) is 6.27. The zero-order valence-electron chi connectivity index (χ0n) is 10.8. The van der Waals surface area contributed by atoms with Crippen LogP contribution in [0.25, 0.3) is 0 Å². The van der Waals surface area contributed by atoms with Gasteiger partial charge in [-0.05, 0) is 32.4 Å². The quantitative estimate of drug-likeness (QED) is 0.808. The summed E-state index contributed by atoms with van der Waals surface area (Å²) in [6.07, 6.45) is -3.00. The van der Waals surface area contributed by atoms with Crippen LogP contribution >= 0.6 is 0 Å². The van der Waals surface area contributed by atoms with E-state index in [9.17, 15) is 13.2 Å². The van der Waals surface area contributed by atoms with Gasteiger partial charge in [-0.15, -0.1) is 0 Å². The lowest BCUT2D eigenvalue weighted by atomic mass is 10.0. The normalized spacial score (nSPS) is 26.1. The van der Waals surface area contributed by atoms with Crippen molar-refractivity contribution in [2.24, 2.45) is 11.8 Å². The largest absolute Gasteiger partial charge is 0.393 e. The highest BCUT2D eigenvalue weighted by Crippen LogP contribution is 2.33. The van der Waals surface area contributed by atoms with Crippen LogP contribution in [0.2, 0.25) is 0 Å². The highest BCUT2D eigenvalue weighted by atomic mass is 19.4. The van der Waals surface area contributed by atoms with E-state index in [1.807, 2.05) is 7.05 Å². The molecule has 0 aromatic rings. The first-order chi connectivity index (χ1) is 7.79. The monoisotopic (exact) mass is 252 g/mol. The first kappa shape index (κ1) is 14.8. The van der Waals surface area contributed by atoms with E-state index in [1.54, 1.807) is 0 Å². The lowest BCUT2D eigenvalue weighted by molar-refractivity contribution is -0.169. The molecule has 1 N–H and O–H groups in total. The zero-order valence-corrected chi connectivity index (χ0v) is 10.8. The van der Waals surface area contributed by atoms with Crippen LogP contribution in [-0.4, -0.2) is 43.8 Å². The van der Waals surface area contributed by atoms with Crippen LogP contribution in [0.5, 0.6) is 0 Å². The molecule has 0 aromatic carbocycles. The Hall–Kier alpha value is -0.290. The summed E-state index contributed by atoms with van der Waals surface area (Å²) < 4.78 is 37.4. The maximum absolute atomic E-state index is 12.5. The van der Waals surface area contributed by atoms with Gasteiger partial charge in [0.25, 0.3) is 0 Å². The van der Waals surface area contributed by atoms with Gasteiger partial charge < -0.3 is 10.2 Å². The second-order valence-electron chi connectivity index (χ2n) is 5.52. The highest BCUT2D eigenvalue weighted by molar-refractivity contribution is 4.85. The summed E-state index contributed by atoms with van der Waals surface area (Å²) in [6, 6.07) is 0.0243. The molecule has 1 heterocycles. The molecule has 2 atom stereocenters. The third-order valence-electron chi connectivity index (χ3n) is 3.22. The summed E-state index contributed by atoms with van der Waals surface area (Å²) in [5.74, 6) is -0.553. The Bertz CT molecular complexity index is 228. The molecule has 17 heavy (non-hydrogen) atoms. The third kappa shape index (κ3) is 5.25. The molecule has 1 saturated heterocycles. The Labute approximate surface area is 102 Å². The predicted molar refractivity (Wildman–Crippen MR) is 62.9 cm³/mol. The molecule has 1 aliphatic heterocycles. The van der Waals surface area contributed by atoms with Crippen molar-refractivity contribution in [1.82, 2.24) is 10.2 Å². The Morgan fingerprint density at radius 2 is 2.00 bits per heavy atom. The summed E-state index contributed by atoms with van der Waals surface area (Å²) in [6.45, 7) is 6.23. The molecule has 1 fully saturated rings. The van der Waals surface area contributed by atoms with Gasteiger partial charge in [-0.1, -0.05) is 13.8 Å². The molecular formula is C12H23F3N2. The number of halogens is 3. The molecule has 2 nitrogen and oxygen atoms in total. The molecule has 0 bridgehead atoms. The van der Waals surface area contributed by atoms with Crippen LogP contribution in [0.15, 0.2) is 0 Å². The fourth-order valence-corrected chi connectivity index (χ4v) is 2.38. The Morgan fingerprint density at radius 3 is 2.47 bits per heavy atom. The molecule has 2 unspecified atom stereocenters. The summed E-state index contributed by atoms with van der Waals surface area (Å²) in [4.78, 5) is 2.19. The highest BCUT2D eigenvalue weighted by Gasteiger charge is 2.43. The summed E-state index contributed by atoms with van der Waals surface area (Å²) >= 11 is 0. The second kappa shape index (κ2) is 6.05. The van der Waals surface area contributed by atoms with E-state index in [0.717, 1.165) is 19.5 Å². The van der Waals surface area contributed by atoms with Crippen LogP contribution in [0.3, 0.4) is 0 Å². The minimum atomic E-state index is -4.04. The van der Waals surface area contributed by atoms with Crippen molar-refractivity contribution in [3.8, 4) is 0 Å². The fraction of sp³-hybridized carbons (Fsp3) is 1.00. The summed E-state index contributed by atoms with van der Waals surface area (Å²) in [5.41, 5.74) is 0. The molecular weight excluding hydrogens is 229 g/mol. The van der Waals surface area contributed by atoms with E-state index >= 15 is 0 Å². The SMILES string of the molecule is CC(C)CN(C)CCC1CC(C(F)(F)F)CN1. The topological polar surface area (TPSA) is 15.3 Å². The number of hydrogen-bond acceptors (Lipinski definition) is 2. The molecule has 0 radical (unpaired) electrons. The second-order valence-corrected chi connectivity index (χ2v) is 5.52. The average molecular weight is 252 g/mol. The van der Waals surface area contributed by atoms with Crippen molar-refractivity contribution in [2.45, 2.75) is 38.9 Å². The van der Waals surface area contributed by atoms with Crippen LogP contribution in [0.1, 0.15) is 26.7 Å². The molecule has 0 amide bonds. The van der Waals surface area contributed by atoms with Crippen molar-refractivity contribution in [1.29, 1.82) is 0 Å². The molecule has 5 heteroatoms. The number of hydrogen-bond donors (Lipinski definition) is 1. The van der Waals surface area contributed by atoms with Gasteiger partial charge in [0.15, 0.2) is 0 Å². The maximum Gasteiger partial charge on any atom is 0.393 e. The molecule has 102 valence electrons. The van der Waals surface area contributed by atoms with Crippen LogP contribution in [0, 0.1) is 11.8 Å². The molecule has 0 saturated carbocycles. The van der Waals surface area contributed by atoms with E-state index in [0.29, 0.717) is 5.92 Å². The van der Waals surface area contributed by atoms with Crippen molar-refractivity contribution in [3.63, 3.8) is 0 Å². The molecule has 0 aromatic heterocycles. The Kier molecular flexibility index (Phi) is 5.25. The van der Waals surface area contributed by atoms with Gasteiger partial charge in [-0.2, -0.15) is 13.2 Å². The predicted octanol–water partition coefficient (Wildman–Crippen LogP) is 2.50. The first-order valence-corrected chi connectivity index (χ1v) is 6.27. The van der Waals surface area contributed by atoms with Gasteiger partial charge in [0, 0.05) is 19.1 Å². The van der Waals surface area contributed by atoms with Crippen LogP contribution in [0.4, 0.5) is 13.2 Å². The van der Waals surface area contributed by atoms with Gasteiger partial charge in [0.05, 0.1) is 5.92 Å². The van der Waals surface area contributed by atoms with Crippen LogP contribution in [-0.2, 0) is 0 Å². The average Bonchev–Trinajstić information content (AvgIpc) is 2.61. The van der Waals surface area contributed by atoms with Crippen molar-refractivity contribution < 1.29 is 13.2 Å². The zero-order chi connectivity index (χ0) is 13.1. The smallest absolute Gasteiger partial charge is 0.313 e. The Morgan fingerprint density at radius 1 is 1.35 bits per heavy atom. The van der Waals surface area contributed by atoms with E-state index in [-0.39, 0.29) is 19.0 Å². The Balaban J connectivity index is 2.22. The fourth-order valence-electron chi connectivity index (χ4n) is 2.38. The van der Waals surface area contributed by atoms with E-state index < -0.39 is 12.1 Å². The van der Waals surface area contributed by atoms with Gasteiger partial charge in [0.2, 0.25) is 0 Å². The lowest BCUT2D eigenvalue weighted by Crippen LogP contribution is -2.30. The molecule has 0 aliphatic carbocycles. The number of rotatable bonds is 5. The van der Waals surface area contributed by atoms with Gasteiger partial charge in [0.1, 0.15) is 0 Å². The number of nitrogens with zero attached hydrogens (tertiary/aromatic N) is 1. The van der Waals surface area contributed by atoms with Gasteiger partial charge in [-0.3, -0.25) is 0 Å². The van der Waals surface area contributed by atoms with E-state index in [4.69, 9.17) is 0 Å². The lowest BCUT2D eigenvalue weighted by Gasteiger charge is -2.21. The van der Waals surface area contributed by atoms with E-state index in [1.165, 1.54) is 0 Å². The molecule has 1 aliphatic rings. The minimum absolute atomic E-state index is 0.0243. The number of nitrogens with one attached hydrogen (secondary N) is 1. The minimum Gasteiger partial charge on any atom is -0.313 e. The van der Waals surface area contributed by atoms with Crippen LogP contribution < -0.4 is 5.32 Å². The third-order valence-corrected chi connectivity index (χ3v) is 3.22. The summed E-state index contributed by atoms with van der Waals surface area (Å²) in [7, 11) is 2.02. The van der Waals surface area contributed by atoms with E-state index in [2.05, 4.69) is 24.1 Å². The van der Waals surface area contributed by atoms with Crippen molar-refractivity contribution in [3.05, 3.63) is 0 Å². The number of alkyl halides is 3. The molecule has 0 spiro atoms. The molecule has 1 rings (SSSR count). The maximum atomic E-state index is 12.5. The van der Waals surface area contributed by atoms with Crippen molar-refractivity contribution in [2.75, 3.05) is 26.7 Å². The van der Waals surface area contributed by atoms with Gasteiger partial charge >= 0.3 is 6.18 Å². The van der Waals surface area contributed by atoms with Crippen molar-refractivity contribution >= 4 is 0 Å². The van der Waals surface area contributed by atoms with Gasteiger partial charge in [-0.25, -0.2) is 0 Å².